The molecule has 1 fully saturated rings. The van der Waals surface area contributed by atoms with Crippen molar-refractivity contribution in [3.05, 3.63) is 53.6 Å². The van der Waals surface area contributed by atoms with Crippen LogP contribution in [0, 0.1) is 0 Å². The normalized spacial score (nSPS) is 16.2. The Morgan fingerprint density at radius 2 is 1.74 bits per heavy atom. The Hall–Kier alpha value is -3.11. The van der Waals surface area contributed by atoms with Gasteiger partial charge in [0, 0.05) is 45.2 Å². The standard InChI is InChI=1S/C21H23N3O6S/c1-15(25)23-7-9-24(10-8-23)31(27,28)18-4-2-3-17(12-18)21(26)22-13-16-5-6-19-20(11-16)30-14-29-19/h2-6,11-12H,7-10,13-14H2,1H3,(H,22,26). The van der Waals surface area contributed by atoms with E-state index in [0.717, 1.165) is 5.56 Å². The van der Waals surface area contributed by atoms with Gasteiger partial charge in [0.05, 0.1) is 4.90 Å². The van der Waals surface area contributed by atoms with Crippen LogP contribution in [0.15, 0.2) is 47.4 Å². The Morgan fingerprint density at radius 1 is 1.00 bits per heavy atom. The minimum Gasteiger partial charge on any atom is -0.454 e. The van der Waals surface area contributed by atoms with Crippen molar-refractivity contribution >= 4 is 21.8 Å². The largest absolute Gasteiger partial charge is 0.454 e. The Morgan fingerprint density at radius 3 is 2.48 bits per heavy atom. The van der Waals surface area contributed by atoms with E-state index in [2.05, 4.69) is 5.32 Å². The zero-order chi connectivity index (χ0) is 22.0. The van der Waals surface area contributed by atoms with E-state index in [9.17, 15) is 18.0 Å². The molecule has 9 nitrogen and oxygen atoms in total. The number of carbonyl (C=O) groups excluding carboxylic acids is 2. The van der Waals surface area contributed by atoms with Crippen LogP contribution in [-0.2, 0) is 21.4 Å². The Kier molecular flexibility index (Phi) is 5.84. The molecule has 0 aliphatic carbocycles. The van der Waals surface area contributed by atoms with Gasteiger partial charge in [0.15, 0.2) is 11.5 Å². The number of sulfonamides is 1. The highest BCUT2D eigenvalue weighted by atomic mass is 32.2. The molecule has 0 aromatic heterocycles. The maximum Gasteiger partial charge on any atom is 0.251 e. The van der Waals surface area contributed by atoms with Crippen molar-refractivity contribution in [2.24, 2.45) is 0 Å². The topological polar surface area (TPSA) is 105 Å². The molecule has 2 amide bonds. The molecule has 31 heavy (non-hydrogen) atoms. The molecule has 0 unspecified atom stereocenters. The highest BCUT2D eigenvalue weighted by Crippen LogP contribution is 2.32. The summed E-state index contributed by atoms with van der Waals surface area (Å²) in [6.07, 6.45) is 0. The van der Waals surface area contributed by atoms with Gasteiger partial charge in [0.1, 0.15) is 0 Å². The zero-order valence-electron chi connectivity index (χ0n) is 17.0. The first-order valence-corrected chi connectivity index (χ1v) is 11.3. The molecule has 2 aliphatic rings. The monoisotopic (exact) mass is 445 g/mol. The molecule has 4 rings (SSSR count). The van der Waals surface area contributed by atoms with Crippen LogP contribution in [0.25, 0.3) is 0 Å². The lowest BCUT2D eigenvalue weighted by molar-refractivity contribution is -0.129. The summed E-state index contributed by atoms with van der Waals surface area (Å²) in [5.41, 5.74) is 1.09. The Labute approximate surface area is 180 Å². The lowest BCUT2D eigenvalue weighted by atomic mass is 10.2. The third-order valence-electron chi connectivity index (χ3n) is 5.31. The maximum atomic E-state index is 13.0. The van der Waals surface area contributed by atoms with Crippen molar-refractivity contribution < 1.29 is 27.5 Å². The molecule has 0 atom stereocenters. The fraction of sp³-hybridized carbons (Fsp3) is 0.333. The van der Waals surface area contributed by atoms with Gasteiger partial charge in [0.2, 0.25) is 22.7 Å². The molecule has 164 valence electrons. The molecule has 1 N–H and O–H groups in total. The third-order valence-corrected chi connectivity index (χ3v) is 7.20. The molecule has 10 heteroatoms. The van der Waals surface area contributed by atoms with Gasteiger partial charge in [-0.05, 0) is 35.9 Å². The van der Waals surface area contributed by atoms with Gasteiger partial charge in [-0.1, -0.05) is 12.1 Å². The first kappa shape index (κ1) is 21.1. The van der Waals surface area contributed by atoms with Crippen molar-refractivity contribution in [3.63, 3.8) is 0 Å². The number of ether oxygens (including phenoxy) is 2. The van der Waals surface area contributed by atoms with Crippen LogP contribution < -0.4 is 14.8 Å². The van der Waals surface area contributed by atoms with E-state index >= 15 is 0 Å². The van der Waals surface area contributed by atoms with E-state index in [1.807, 2.05) is 6.07 Å². The second-order valence-electron chi connectivity index (χ2n) is 7.31. The van der Waals surface area contributed by atoms with Crippen molar-refractivity contribution in [2.45, 2.75) is 18.4 Å². The molecule has 2 heterocycles. The molecule has 0 saturated carbocycles. The number of benzene rings is 2. The van der Waals surface area contributed by atoms with Gasteiger partial charge in [-0.2, -0.15) is 4.31 Å². The molecule has 0 radical (unpaired) electrons. The summed E-state index contributed by atoms with van der Waals surface area (Å²) >= 11 is 0. The van der Waals surface area contributed by atoms with E-state index in [-0.39, 0.29) is 48.7 Å². The SMILES string of the molecule is CC(=O)N1CCN(S(=O)(=O)c2cccc(C(=O)NCc3ccc4c(c3)OCO4)c2)CC1. The van der Waals surface area contributed by atoms with Gasteiger partial charge in [-0.3, -0.25) is 9.59 Å². The number of rotatable bonds is 5. The van der Waals surface area contributed by atoms with E-state index in [4.69, 9.17) is 9.47 Å². The van der Waals surface area contributed by atoms with Gasteiger partial charge >= 0.3 is 0 Å². The minimum atomic E-state index is -3.76. The summed E-state index contributed by atoms with van der Waals surface area (Å²) in [5, 5.41) is 2.80. The first-order valence-electron chi connectivity index (χ1n) is 9.87. The average molecular weight is 445 g/mol. The third kappa shape index (κ3) is 4.49. The zero-order valence-corrected chi connectivity index (χ0v) is 17.9. The molecule has 2 aromatic carbocycles. The molecule has 2 aliphatic heterocycles. The highest BCUT2D eigenvalue weighted by molar-refractivity contribution is 7.89. The van der Waals surface area contributed by atoms with Gasteiger partial charge in [-0.25, -0.2) is 8.42 Å². The van der Waals surface area contributed by atoms with E-state index in [0.29, 0.717) is 24.6 Å². The summed E-state index contributed by atoms with van der Waals surface area (Å²) in [7, 11) is -3.76. The summed E-state index contributed by atoms with van der Waals surface area (Å²) in [6.45, 7) is 3.06. The highest BCUT2D eigenvalue weighted by Gasteiger charge is 2.29. The van der Waals surface area contributed by atoms with Crippen molar-refractivity contribution in [1.82, 2.24) is 14.5 Å². The van der Waals surface area contributed by atoms with Gasteiger partial charge < -0.3 is 19.7 Å². The molecular formula is C21H23N3O6S. The van der Waals surface area contributed by atoms with Crippen LogP contribution in [0.5, 0.6) is 11.5 Å². The first-order chi connectivity index (χ1) is 14.8. The average Bonchev–Trinajstić information content (AvgIpc) is 3.25. The van der Waals surface area contributed by atoms with Crippen LogP contribution in [-0.4, -0.2) is 62.4 Å². The predicted molar refractivity (Wildman–Crippen MR) is 111 cm³/mol. The van der Waals surface area contributed by atoms with Crippen LogP contribution >= 0.6 is 0 Å². The number of piperazine rings is 1. The number of nitrogens with one attached hydrogen (secondary N) is 1. The molecule has 1 saturated heterocycles. The number of hydrogen-bond donors (Lipinski definition) is 1. The van der Waals surface area contributed by atoms with Gasteiger partial charge in [0.25, 0.3) is 5.91 Å². The number of amides is 2. The van der Waals surface area contributed by atoms with E-state index < -0.39 is 10.0 Å². The summed E-state index contributed by atoms with van der Waals surface area (Å²) in [6, 6.07) is 11.4. The maximum absolute atomic E-state index is 13.0. The lowest BCUT2D eigenvalue weighted by Crippen LogP contribution is -2.49. The molecular weight excluding hydrogens is 422 g/mol. The summed E-state index contributed by atoms with van der Waals surface area (Å²) < 4.78 is 37.9. The predicted octanol–water partition coefficient (Wildman–Crippen LogP) is 1.20. The fourth-order valence-electron chi connectivity index (χ4n) is 3.53. The smallest absolute Gasteiger partial charge is 0.251 e. The lowest BCUT2D eigenvalue weighted by Gasteiger charge is -2.33. The van der Waals surface area contributed by atoms with Crippen LogP contribution in [0.3, 0.4) is 0 Å². The number of nitrogens with zero attached hydrogens (tertiary/aromatic N) is 2. The Bertz CT molecular complexity index is 1110. The number of hydrogen-bond acceptors (Lipinski definition) is 6. The fourth-order valence-corrected chi connectivity index (χ4v) is 4.99. The van der Waals surface area contributed by atoms with Crippen molar-refractivity contribution in [1.29, 1.82) is 0 Å². The quantitative estimate of drug-likeness (QED) is 0.742. The van der Waals surface area contributed by atoms with Crippen molar-refractivity contribution in [3.8, 4) is 11.5 Å². The Balaban J connectivity index is 1.42. The van der Waals surface area contributed by atoms with E-state index in [1.165, 1.54) is 23.4 Å². The van der Waals surface area contributed by atoms with E-state index in [1.54, 1.807) is 29.2 Å². The minimum absolute atomic E-state index is 0.0551. The van der Waals surface area contributed by atoms with Gasteiger partial charge in [-0.15, -0.1) is 0 Å². The number of fused-ring (bicyclic) bond motifs is 1. The van der Waals surface area contributed by atoms with Crippen LogP contribution in [0.2, 0.25) is 0 Å². The second kappa shape index (κ2) is 8.56. The molecule has 0 bridgehead atoms. The summed E-state index contributed by atoms with van der Waals surface area (Å²) in [4.78, 5) is 25.7. The van der Waals surface area contributed by atoms with Crippen LogP contribution in [0.1, 0.15) is 22.8 Å². The number of carbonyl (C=O) groups is 2. The molecule has 0 spiro atoms. The van der Waals surface area contributed by atoms with Crippen LogP contribution in [0.4, 0.5) is 0 Å². The summed E-state index contributed by atoms with van der Waals surface area (Å²) in [5.74, 6) is 0.844. The molecule has 2 aromatic rings. The van der Waals surface area contributed by atoms with Crippen molar-refractivity contribution in [2.75, 3.05) is 33.0 Å². The second-order valence-corrected chi connectivity index (χ2v) is 9.25.